The van der Waals surface area contributed by atoms with Crippen LogP contribution in [0.4, 0.5) is 0 Å². The van der Waals surface area contributed by atoms with Gasteiger partial charge in [0.05, 0.1) is 0 Å². The average molecular weight is 157 g/mol. The van der Waals surface area contributed by atoms with E-state index in [0.717, 1.165) is 11.8 Å². The molecule has 0 saturated heterocycles. The lowest BCUT2D eigenvalue weighted by molar-refractivity contribution is 0.965. The standard InChI is InChI=1S/C12H13/c1-2-6-11-9-12(11)10-7-4-3-5-8-10/h2-8,11-12H,1,9H2. The van der Waals surface area contributed by atoms with Gasteiger partial charge in [0, 0.05) is 0 Å². The normalized spacial score (nSPS) is 26.7. The van der Waals surface area contributed by atoms with Crippen LogP contribution in [0.5, 0.6) is 0 Å². The molecular weight excluding hydrogens is 144 g/mol. The molecule has 0 N–H and O–H groups in total. The van der Waals surface area contributed by atoms with Crippen molar-refractivity contribution in [3.8, 4) is 0 Å². The Morgan fingerprint density at radius 3 is 2.67 bits per heavy atom. The topological polar surface area (TPSA) is 0 Å². The molecule has 0 bridgehead atoms. The molecule has 0 amide bonds. The van der Waals surface area contributed by atoms with Crippen molar-refractivity contribution in [2.45, 2.75) is 12.3 Å². The Bertz CT molecular complexity index is 261. The fourth-order valence-electron chi connectivity index (χ4n) is 1.69. The third-order valence-corrected chi connectivity index (χ3v) is 2.45. The van der Waals surface area contributed by atoms with E-state index in [2.05, 4.69) is 43.3 Å². The van der Waals surface area contributed by atoms with Crippen LogP contribution in [-0.2, 0) is 0 Å². The van der Waals surface area contributed by atoms with Gasteiger partial charge in [-0.2, -0.15) is 0 Å². The molecule has 1 radical (unpaired) electrons. The Labute approximate surface area is 73.9 Å². The summed E-state index contributed by atoms with van der Waals surface area (Å²) in [6.45, 7) is 3.71. The van der Waals surface area contributed by atoms with Crippen molar-refractivity contribution in [2.75, 3.05) is 0 Å². The maximum atomic E-state index is 3.71. The second-order valence-corrected chi connectivity index (χ2v) is 3.34. The number of hydrogen-bond donors (Lipinski definition) is 0. The van der Waals surface area contributed by atoms with Crippen LogP contribution >= 0.6 is 0 Å². The monoisotopic (exact) mass is 157 g/mol. The van der Waals surface area contributed by atoms with Gasteiger partial charge in [0.15, 0.2) is 0 Å². The van der Waals surface area contributed by atoms with E-state index in [1.807, 2.05) is 6.08 Å². The highest BCUT2D eigenvalue weighted by Gasteiger charge is 2.36. The third kappa shape index (κ3) is 1.42. The fourth-order valence-corrected chi connectivity index (χ4v) is 1.69. The Hall–Kier alpha value is -1.04. The molecule has 61 valence electrons. The van der Waals surface area contributed by atoms with Gasteiger partial charge in [0.1, 0.15) is 0 Å². The van der Waals surface area contributed by atoms with Crippen LogP contribution < -0.4 is 0 Å². The summed E-state index contributed by atoms with van der Waals surface area (Å²) >= 11 is 0. The van der Waals surface area contributed by atoms with E-state index < -0.39 is 0 Å². The molecule has 0 nitrogen and oxygen atoms in total. The highest BCUT2D eigenvalue weighted by molar-refractivity contribution is 5.28. The van der Waals surface area contributed by atoms with Crippen molar-refractivity contribution in [3.05, 3.63) is 55.0 Å². The SMILES string of the molecule is C=C[CH]C1CC1c1ccccc1. The summed E-state index contributed by atoms with van der Waals surface area (Å²) in [5.41, 5.74) is 1.47. The lowest BCUT2D eigenvalue weighted by Gasteiger charge is -1.96. The van der Waals surface area contributed by atoms with E-state index in [4.69, 9.17) is 0 Å². The Morgan fingerprint density at radius 1 is 1.25 bits per heavy atom. The summed E-state index contributed by atoms with van der Waals surface area (Å²) < 4.78 is 0. The maximum Gasteiger partial charge on any atom is -0.0124 e. The molecule has 0 spiro atoms. The zero-order chi connectivity index (χ0) is 8.39. The second-order valence-electron chi connectivity index (χ2n) is 3.34. The molecule has 0 aromatic heterocycles. The largest absolute Gasteiger partial charge is 0.103 e. The van der Waals surface area contributed by atoms with Crippen LogP contribution in [0.25, 0.3) is 0 Å². The highest BCUT2D eigenvalue weighted by atomic mass is 14.4. The van der Waals surface area contributed by atoms with E-state index >= 15 is 0 Å². The minimum atomic E-state index is 0.755. The summed E-state index contributed by atoms with van der Waals surface area (Å²) in [5.74, 6) is 1.52. The second kappa shape index (κ2) is 3.14. The van der Waals surface area contributed by atoms with Crippen LogP contribution in [-0.4, -0.2) is 0 Å². The van der Waals surface area contributed by atoms with Gasteiger partial charge >= 0.3 is 0 Å². The molecule has 2 rings (SSSR count). The predicted octanol–water partition coefficient (Wildman–Crippen LogP) is 3.18. The van der Waals surface area contributed by atoms with Gasteiger partial charge in [-0.05, 0) is 30.2 Å². The smallest absolute Gasteiger partial charge is 0.0124 e. The molecular formula is C12H13. The van der Waals surface area contributed by atoms with Crippen molar-refractivity contribution in [3.63, 3.8) is 0 Å². The van der Waals surface area contributed by atoms with Crippen molar-refractivity contribution >= 4 is 0 Å². The number of benzene rings is 1. The first kappa shape index (κ1) is 7.60. The first-order valence-corrected chi connectivity index (χ1v) is 4.42. The van der Waals surface area contributed by atoms with Crippen molar-refractivity contribution in [1.29, 1.82) is 0 Å². The molecule has 1 aliphatic rings. The van der Waals surface area contributed by atoms with E-state index in [9.17, 15) is 0 Å². The zero-order valence-electron chi connectivity index (χ0n) is 7.11. The van der Waals surface area contributed by atoms with E-state index in [1.165, 1.54) is 12.0 Å². The lowest BCUT2D eigenvalue weighted by atomic mass is 10.1. The zero-order valence-corrected chi connectivity index (χ0v) is 7.11. The molecule has 2 atom stereocenters. The van der Waals surface area contributed by atoms with Crippen LogP contribution in [0.2, 0.25) is 0 Å². The summed E-state index contributed by atoms with van der Waals surface area (Å²) in [4.78, 5) is 0. The molecule has 1 aromatic carbocycles. The molecule has 12 heavy (non-hydrogen) atoms. The van der Waals surface area contributed by atoms with Crippen LogP contribution in [0.1, 0.15) is 17.9 Å². The number of rotatable bonds is 3. The van der Waals surface area contributed by atoms with Gasteiger partial charge in [0.25, 0.3) is 0 Å². The third-order valence-electron chi connectivity index (χ3n) is 2.45. The molecule has 1 aromatic rings. The molecule has 2 unspecified atom stereocenters. The van der Waals surface area contributed by atoms with Gasteiger partial charge in [-0.15, -0.1) is 6.58 Å². The van der Waals surface area contributed by atoms with Gasteiger partial charge in [0.2, 0.25) is 0 Å². The van der Waals surface area contributed by atoms with Crippen molar-refractivity contribution in [1.82, 2.24) is 0 Å². The minimum Gasteiger partial charge on any atom is -0.103 e. The summed E-state index contributed by atoms with van der Waals surface area (Å²) in [6.07, 6.45) is 5.42. The van der Waals surface area contributed by atoms with Crippen molar-refractivity contribution in [2.24, 2.45) is 5.92 Å². The van der Waals surface area contributed by atoms with Crippen LogP contribution in [0.15, 0.2) is 43.0 Å². The Kier molecular flexibility index (Phi) is 1.99. The fraction of sp³-hybridized carbons (Fsp3) is 0.250. The van der Waals surface area contributed by atoms with Gasteiger partial charge < -0.3 is 0 Å². The summed E-state index contributed by atoms with van der Waals surface area (Å²) in [5, 5.41) is 0. The molecule has 1 saturated carbocycles. The first-order chi connectivity index (χ1) is 5.92. The Balaban J connectivity index is 2.01. The van der Waals surface area contributed by atoms with E-state index in [-0.39, 0.29) is 0 Å². The predicted molar refractivity (Wildman–Crippen MR) is 51.8 cm³/mol. The molecule has 0 heterocycles. The Morgan fingerprint density at radius 2 is 2.00 bits per heavy atom. The minimum absolute atomic E-state index is 0.755. The number of allylic oxidation sites excluding steroid dienone is 1. The highest BCUT2D eigenvalue weighted by Crippen LogP contribution is 2.48. The van der Waals surface area contributed by atoms with E-state index in [0.29, 0.717) is 0 Å². The maximum absolute atomic E-state index is 3.71. The van der Waals surface area contributed by atoms with Gasteiger partial charge in [-0.25, -0.2) is 0 Å². The quantitative estimate of drug-likeness (QED) is 0.632. The number of hydrogen-bond acceptors (Lipinski definition) is 0. The molecule has 0 aliphatic heterocycles. The van der Waals surface area contributed by atoms with Gasteiger partial charge in [-0.3, -0.25) is 0 Å². The lowest BCUT2D eigenvalue weighted by Crippen LogP contribution is -1.81. The summed E-state index contributed by atoms with van der Waals surface area (Å²) in [6, 6.07) is 10.7. The molecule has 1 aliphatic carbocycles. The van der Waals surface area contributed by atoms with E-state index in [1.54, 1.807) is 0 Å². The van der Waals surface area contributed by atoms with Crippen LogP contribution in [0.3, 0.4) is 0 Å². The van der Waals surface area contributed by atoms with Crippen LogP contribution in [0, 0.1) is 12.3 Å². The molecule has 1 fully saturated rings. The molecule has 0 heteroatoms. The summed E-state index contributed by atoms with van der Waals surface area (Å²) in [7, 11) is 0. The van der Waals surface area contributed by atoms with Gasteiger partial charge in [-0.1, -0.05) is 36.4 Å². The average Bonchev–Trinajstić information content (AvgIpc) is 2.87. The first-order valence-electron chi connectivity index (χ1n) is 4.42. The van der Waals surface area contributed by atoms with Crippen molar-refractivity contribution < 1.29 is 0 Å².